The number of aliphatic hydroxyl groups is 1. The number of rotatable bonds is 7. The van der Waals surface area contributed by atoms with Gasteiger partial charge in [-0.1, -0.05) is 6.07 Å². The Hall–Kier alpha value is -3.73. The van der Waals surface area contributed by atoms with Crippen LogP contribution in [-0.4, -0.2) is 40.5 Å². The zero-order valence-electron chi connectivity index (χ0n) is 15.8. The van der Waals surface area contributed by atoms with Crippen molar-refractivity contribution in [2.75, 3.05) is 18.5 Å². The Bertz CT molecular complexity index is 1060. The predicted molar refractivity (Wildman–Crippen MR) is 103 cm³/mol. The standard InChI is InChI=1S/C20H16F4N4O3/c21-16-9-12(1-6-15(16)19(30)25-7-8-29)17-10-18(27-11-26-17)28-13-2-4-14(5-3-13)31-20(22,23)24/h1-6,9-11,29H,7-8H2,(H,25,30)(H,26,27,28). The molecule has 0 saturated carbocycles. The van der Waals surface area contributed by atoms with Gasteiger partial charge in [-0.05, 0) is 36.4 Å². The topological polar surface area (TPSA) is 96.4 Å². The van der Waals surface area contributed by atoms with Crippen LogP contribution in [0.1, 0.15) is 10.4 Å². The molecular formula is C20H16F4N4O3. The molecule has 0 radical (unpaired) electrons. The minimum absolute atomic E-state index is 0.00424. The van der Waals surface area contributed by atoms with Crippen LogP contribution in [0.15, 0.2) is 54.9 Å². The molecule has 0 bridgehead atoms. The molecule has 0 aliphatic heterocycles. The summed E-state index contributed by atoms with van der Waals surface area (Å²) in [5, 5.41) is 14.0. The minimum atomic E-state index is -4.78. The van der Waals surface area contributed by atoms with E-state index in [9.17, 15) is 22.4 Å². The summed E-state index contributed by atoms with van der Waals surface area (Å²) in [5.41, 5.74) is 1.01. The first-order chi connectivity index (χ1) is 14.7. The van der Waals surface area contributed by atoms with Crippen molar-refractivity contribution in [3.05, 3.63) is 66.2 Å². The monoisotopic (exact) mass is 436 g/mol. The van der Waals surface area contributed by atoms with Crippen LogP contribution in [0, 0.1) is 5.82 Å². The lowest BCUT2D eigenvalue weighted by Crippen LogP contribution is -2.27. The maximum absolute atomic E-state index is 14.3. The average Bonchev–Trinajstić information content (AvgIpc) is 2.72. The number of anilines is 2. The Morgan fingerprint density at radius 2 is 1.81 bits per heavy atom. The molecule has 3 N–H and O–H groups in total. The van der Waals surface area contributed by atoms with Crippen molar-refractivity contribution in [2.45, 2.75) is 6.36 Å². The molecule has 7 nitrogen and oxygen atoms in total. The molecule has 1 amide bonds. The maximum atomic E-state index is 14.3. The summed E-state index contributed by atoms with van der Waals surface area (Å²) in [4.78, 5) is 20.0. The van der Waals surface area contributed by atoms with Crippen LogP contribution in [0.5, 0.6) is 5.75 Å². The number of carbonyl (C=O) groups excluding carboxylic acids is 1. The van der Waals surface area contributed by atoms with Crippen LogP contribution in [0.2, 0.25) is 0 Å². The third-order valence-corrected chi connectivity index (χ3v) is 3.93. The number of amides is 1. The van der Waals surface area contributed by atoms with E-state index in [0.29, 0.717) is 22.8 Å². The Balaban J connectivity index is 1.74. The number of nitrogens with zero attached hydrogens (tertiary/aromatic N) is 2. The number of carbonyl (C=O) groups is 1. The van der Waals surface area contributed by atoms with Crippen molar-refractivity contribution < 1.29 is 32.2 Å². The lowest BCUT2D eigenvalue weighted by atomic mass is 10.1. The summed E-state index contributed by atoms with van der Waals surface area (Å²) >= 11 is 0. The van der Waals surface area contributed by atoms with Crippen LogP contribution in [0.4, 0.5) is 29.1 Å². The number of hydrogen-bond acceptors (Lipinski definition) is 6. The van der Waals surface area contributed by atoms with Gasteiger partial charge in [0.25, 0.3) is 5.91 Å². The van der Waals surface area contributed by atoms with Gasteiger partial charge in [0, 0.05) is 23.9 Å². The number of aromatic nitrogens is 2. The minimum Gasteiger partial charge on any atom is -0.406 e. The van der Waals surface area contributed by atoms with E-state index in [-0.39, 0.29) is 24.5 Å². The third kappa shape index (κ3) is 6.12. The van der Waals surface area contributed by atoms with Crippen LogP contribution in [0.25, 0.3) is 11.3 Å². The van der Waals surface area contributed by atoms with E-state index in [1.807, 2.05) is 0 Å². The smallest absolute Gasteiger partial charge is 0.406 e. The quantitative estimate of drug-likeness (QED) is 0.490. The molecule has 11 heteroatoms. The maximum Gasteiger partial charge on any atom is 0.573 e. The molecule has 0 fully saturated rings. The average molecular weight is 436 g/mol. The summed E-state index contributed by atoms with van der Waals surface area (Å²) in [6.45, 7) is -0.259. The molecule has 1 aromatic heterocycles. The predicted octanol–water partition coefficient (Wildman–Crippen LogP) is 3.65. The largest absolute Gasteiger partial charge is 0.573 e. The number of benzene rings is 2. The van der Waals surface area contributed by atoms with E-state index in [4.69, 9.17) is 5.11 Å². The Labute approximate surface area is 173 Å². The molecule has 0 aliphatic carbocycles. The fourth-order valence-corrected chi connectivity index (χ4v) is 2.59. The molecule has 3 rings (SSSR count). The second-order valence-corrected chi connectivity index (χ2v) is 6.16. The zero-order chi connectivity index (χ0) is 22.4. The molecule has 3 aromatic rings. The number of alkyl halides is 3. The van der Waals surface area contributed by atoms with Gasteiger partial charge in [0.15, 0.2) is 0 Å². The number of aliphatic hydroxyl groups excluding tert-OH is 1. The lowest BCUT2D eigenvalue weighted by molar-refractivity contribution is -0.274. The number of ether oxygens (including phenoxy) is 1. The molecule has 1 heterocycles. The molecule has 162 valence electrons. The number of halogens is 4. The van der Waals surface area contributed by atoms with Crippen LogP contribution in [0.3, 0.4) is 0 Å². The molecule has 0 spiro atoms. The second kappa shape index (κ2) is 9.39. The van der Waals surface area contributed by atoms with Crippen molar-refractivity contribution in [2.24, 2.45) is 0 Å². The van der Waals surface area contributed by atoms with Crippen molar-refractivity contribution in [1.29, 1.82) is 0 Å². The lowest BCUT2D eigenvalue weighted by Gasteiger charge is -2.11. The highest BCUT2D eigenvalue weighted by Crippen LogP contribution is 2.26. The van der Waals surface area contributed by atoms with Crippen LogP contribution >= 0.6 is 0 Å². The van der Waals surface area contributed by atoms with E-state index >= 15 is 0 Å². The molecule has 31 heavy (non-hydrogen) atoms. The zero-order valence-corrected chi connectivity index (χ0v) is 15.8. The first-order valence-electron chi connectivity index (χ1n) is 8.89. The Kier molecular flexibility index (Phi) is 6.65. The van der Waals surface area contributed by atoms with Gasteiger partial charge >= 0.3 is 6.36 Å². The Morgan fingerprint density at radius 1 is 1.06 bits per heavy atom. The van der Waals surface area contributed by atoms with Crippen molar-refractivity contribution in [1.82, 2.24) is 15.3 Å². The molecular weight excluding hydrogens is 420 g/mol. The highest BCUT2D eigenvalue weighted by atomic mass is 19.4. The van der Waals surface area contributed by atoms with Gasteiger partial charge in [-0.25, -0.2) is 14.4 Å². The third-order valence-electron chi connectivity index (χ3n) is 3.93. The van der Waals surface area contributed by atoms with Gasteiger partial charge in [0.1, 0.15) is 23.7 Å². The normalized spacial score (nSPS) is 11.1. The summed E-state index contributed by atoms with van der Waals surface area (Å²) < 4.78 is 54.9. The summed E-state index contributed by atoms with van der Waals surface area (Å²) in [6, 6.07) is 10.5. The van der Waals surface area contributed by atoms with Crippen LogP contribution in [-0.2, 0) is 0 Å². The van der Waals surface area contributed by atoms with Gasteiger partial charge in [-0.2, -0.15) is 0 Å². The molecule has 2 aromatic carbocycles. The number of hydrogen-bond donors (Lipinski definition) is 3. The second-order valence-electron chi connectivity index (χ2n) is 6.16. The molecule has 0 aliphatic rings. The van der Waals surface area contributed by atoms with Gasteiger partial charge in [0.05, 0.1) is 17.9 Å². The highest BCUT2D eigenvalue weighted by Gasteiger charge is 2.30. The highest BCUT2D eigenvalue weighted by molar-refractivity contribution is 5.95. The first kappa shape index (κ1) is 22.0. The van der Waals surface area contributed by atoms with Crippen molar-refractivity contribution >= 4 is 17.4 Å². The first-order valence-corrected chi connectivity index (χ1v) is 8.89. The van der Waals surface area contributed by atoms with E-state index in [1.165, 1.54) is 36.7 Å². The van der Waals surface area contributed by atoms with Gasteiger partial charge in [0.2, 0.25) is 0 Å². The fourth-order valence-electron chi connectivity index (χ4n) is 2.59. The van der Waals surface area contributed by atoms with E-state index in [2.05, 4.69) is 25.3 Å². The van der Waals surface area contributed by atoms with Crippen molar-refractivity contribution in [3.63, 3.8) is 0 Å². The molecule has 0 saturated heterocycles. The SMILES string of the molecule is O=C(NCCO)c1ccc(-c2cc(Nc3ccc(OC(F)(F)F)cc3)ncn2)cc1F. The van der Waals surface area contributed by atoms with Gasteiger partial charge in [-0.15, -0.1) is 13.2 Å². The molecule has 0 atom stereocenters. The summed E-state index contributed by atoms with van der Waals surface area (Å²) in [6.07, 6.45) is -3.54. The summed E-state index contributed by atoms with van der Waals surface area (Å²) in [5.74, 6) is -1.46. The fraction of sp³-hybridized carbons (Fsp3) is 0.150. The van der Waals surface area contributed by atoms with Crippen molar-refractivity contribution in [3.8, 4) is 17.0 Å². The molecule has 0 unspecified atom stereocenters. The van der Waals surface area contributed by atoms with E-state index in [1.54, 1.807) is 0 Å². The van der Waals surface area contributed by atoms with Gasteiger partial charge in [-0.3, -0.25) is 4.79 Å². The summed E-state index contributed by atoms with van der Waals surface area (Å²) in [7, 11) is 0. The Morgan fingerprint density at radius 3 is 2.45 bits per heavy atom. The van der Waals surface area contributed by atoms with Crippen LogP contribution < -0.4 is 15.4 Å². The van der Waals surface area contributed by atoms with E-state index in [0.717, 1.165) is 18.2 Å². The van der Waals surface area contributed by atoms with E-state index < -0.39 is 18.1 Å². The van der Waals surface area contributed by atoms with Gasteiger partial charge < -0.3 is 20.5 Å². The number of nitrogens with one attached hydrogen (secondary N) is 2.